The average molecular weight is 238 g/mol. The van der Waals surface area contributed by atoms with E-state index in [0.717, 1.165) is 23.7 Å². The lowest BCUT2D eigenvalue weighted by molar-refractivity contribution is 0.393. The second-order valence-electron chi connectivity index (χ2n) is 3.77. The number of hydrogen-bond acceptors (Lipinski definition) is 6. The number of nitrogen functional groups attached to an aromatic ring is 1. The summed E-state index contributed by atoms with van der Waals surface area (Å²) in [6.07, 6.45) is 0.780. The Kier molecular flexibility index (Phi) is 3.21. The van der Waals surface area contributed by atoms with Gasteiger partial charge in [-0.2, -0.15) is 4.98 Å². The largest absolute Gasteiger partial charge is 0.397 e. The molecule has 2 aromatic rings. The van der Waals surface area contributed by atoms with Gasteiger partial charge < -0.3 is 15.2 Å². The van der Waals surface area contributed by atoms with Crippen LogP contribution in [-0.2, 0) is 6.42 Å². The molecule has 0 saturated carbocycles. The highest BCUT2D eigenvalue weighted by Crippen LogP contribution is 2.29. The van der Waals surface area contributed by atoms with Gasteiger partial charge in [0.15, 0.2) is 5.82 Å². The number of nitrogens with zero attached hydrogens (tertiary/aromatic N) is 3. The molecule has 2 N–H and O–H groups in total. The van der Waals surface area contributed by atoms with E-state index in [4.69, 9.17) is 10.3 Å². The maximum Gasteiger partial charge on any atom is 0.270 e. The third-order valence-corrected chi connectivity index (χ3v) is 3.06. The van der Waals surface area contributed by atoms with Crippen molar-refractivity contribution in [2.24, 2.45) is 0 Å². The molecule has 6 heteroatoms. The first kappa shape index (κ1) is 11.1. The van der Waals surface area contributed by atoms with Crippen LogP contribution in [0.4, 0.5) is 5.69 Å². The van der Waals surface area contributed by atoms with Gasteiger partial charge in [-0.05, 0) is 25.5 Å². The molecule has 0 atom stereocenters. The highest BCUT2D eigenvalue weighted by atomic mass is 32.1. The summed E-state index contributed by atoms with van der Waals surface area (Å²) in [7, 11) is 4.02. The maximum atomic E-state index is 5.78. The molecular weight excluding hydrogens is 224 g/mol. The SMILES string of the molecule is CN(C)CCc1noc(-c2sccc2N)n1. The van der Waals surface area contributed by atoms with Crippen molar-refractivity contribution >= 4 is 17.0 Å². The molecule has 0 aromatic carbocycles. The smallest absolute Gasteiger partial charge is 0.270 e. The van der Waals surface area contributed by atoms with Crippen molar-refractivity contribution in [3.05, 3.63) is 17.3 Å². The van der Waals surface area contributed by atoms with Gasteiger partial charge in [-0.15, -0.1) is 11.3 Å². The van der Waals surface area contributed by atoms with Crippen LogP contribution < -0.4 is 5.73 Å². The van der Waals surface area contributed by atoms with Crippen LogP contribution in [0.2, 0.25) is 0 Å². The fourth-order valence-corrected chi connectivity index (χ4v) is 2.00. The summed E-state index contributed by atoms with van der Waals surface area (Å²) in [5, 5.41) is 5.83. The zero-order chi connectivity index (χ0) is 11.5. The molecule has 0 bridgehead atoms. The number of anilines is 1. The van der Waals surface area contributed by atoms with E-state index in [1.165, 1.54) is 11.3 Å². The molecule has 2 rings (SSSR count). The zero-order valence-electron chi connectivity index (χ0n) is 9.30. The first-order chi connectivity index (χ1) is 7.66. The second kappa shape index (κ2) is 4.63. The summed E-state index contributed by atoms with van der Waals surface area (Å²) in [4.78, 5) is 7.24. The molecule has 0 aliphatic carbocycles. The molecular formula is C10H14N4OS. The van der Waals surface area contributed by atoms with Crippen molar-refractivity contribution in [1.82, 2.24) is 15.0 Å². The zero-order valence-corrected chi connectivity index (χ0v) is 10.1. The second-order valence-corrected chi connectivity index (χ2v) is 4.69. The lowest BCUT2D eigenvalue weighted by Crippen LogP contribution is -2.15. The number of hydrogen-bond donors (Lipinski definition) is 1. The number of thiophene rings is 1. The van der Waals surface area contributed by atoms with Gasteiger partial charge in [-0.1, -0.05) is 5.16 Å². The minimum absolute atomic E-state index is 0.515. The fraction of sp³-hybridized carbons (Fsp3) is 0.400. The van der Waals surface area contributed by atoms with Crippen molar-refractivity contribution < 1.29 is 4.52 Å². The maximum absolute atomic E-state index is 5.78. The summed E-state index contributed by atoms with van der Waals surface area (Å²) in [5.74, 6) is 1.23. The van der Waals surface area contributed by atoms with E-state index in [2.05, 4.69) is 15.0 Å². The van der Waals surface area contributed by atoms with Crippen molar-refractivity contribution in [1.29, 1.82) is 0 Å². The van der Waals surface area contributed by atoms with Crippen LogP contribution in [0.15, 0.2) is 16.0 Å². The van der Waals surface area contributed by atoms with Crippen molar-refractivity contribution in [3.63, 3.8) is 0 Å². The molecule has 0 aliphatic heterocycles. The standard InChI is InChI=1S/C10H14N4OS/c1-14(2)5-3-8-12-10(15-13-8)9-7(11)4-6-16-9/h4,6H,3,5,11H2,1-2H3. The van der Waals surface area contributed by atoms with Crippen molar-refractivity contribution in [3.8, 4) is 10.8 Å². The van der Waals surface area contributed by atoms with E-state index in [-0.39, 0.29) is 0 Å². The molecule has 0 aliphatic rings. The van der Waals surface area contributed by atoms with E-state index >= 15 is 0 Å². The molecule has 5 nitrogen and oxygen atoms in total. The minimum Gasteiger partial charge on any atom is -0.397 e. The predicted molar refractivity (Wildman–Crippen MR) is 64.3 cm³/mol. The lowest BCUT2D eigenvalue weighted by Gasteiger charge is -2.05. The van der Waals surface area contributed by atoms with Crippen LogP contribution in [0, 0.1) is 0 Å². The van der Waals surface area contributed by atoms with E-state index in [0.29, 0.717) is 11.6 Å². The van der Waals surface area contributed by atoms with Gasteiger partial charge in [0.2, 0.25) is 0 Å². The van der Waals surface area contributed by atoms with Gasteiger partial charge in [0.1, 0.15) is 4.88 Å². The quantitative estimate of drug-likeness (QED) is 0.874. The Morgan fingerprint density at radius 1 is 1.50 bits per heavy atom. The Bertz CT molecular complexity index is 463. The third-order valence-electron chi connectivity index (χ3n) is 2.14. The number of likely N-dealkylation sites (N-methyl/N-ethyl adjacent to an activating group) is 1. The summed E-state index contributed by atoms with van der Waals surface area (Å²) in [5.41, 5.74) is 6.47. The molecule has 0 amide bonds. The molecule has 0 unspecified atom stereocenters. The fourth-order valence-electron chi connectivity index (χ4n) is 1.26. The van der Waals surface area contributed by atoms with Crippen LogP contribution in [0.5, 0.6) is 0 Å². The summed E-state index contributed by atoms with van der Waals surface area (Å²) in [6.45, 7) is 0.902. The Morgan fingerprint density at radius 3 is 2.94 bits per heavy atom. The first-order valence-corrected chi connectivity index (χ1v) is 5.85. The molecule has 2 aromatic heterocycles. The van der Waals surface area contributed by atoms with Gasteiger partial charge in [0, 0.05) is 13.0 Å². The summed E-state index contributed by atoms with van der Waals surface area (Å²) in [6, 6.07) is 1.84. The van der Waals surface area contributed by atoms with Crippen LogP contribution in [-0.4, -0.2) is 35.7 Å². The van der Waals surface area contributed by atoms with Crippen LogP contribution in [0.3, 0.4) is 0 Å². The monoisotopic (exact) mass is 238 g/mol. The normalized spacial score (nSPS) is 11.2. The highest BCUT2D eigenvalue weighted by molar-refractivity contribution is 7.14. The summed E-state index contributed by atoms with van der Waals surface area (Å²) >= 11 is 1.51. The molecule has 2 heterocycles. The van der Waals surface area contributed by atoms with Gasteiger partial charge in [-0.25, -0.2) is 0 Å². The van der Waals surface area contributed by atoms with E-state index < -0.39 is 0 Å². The highest BCUT2D eigenvalue weighted by Gasteiger charge is 2.12. The Morgan fingerprint density at radius 2 is 2.31 bits per heavy atom. The molecule has 0 saturated heterocycles. The lowest BCUT2D eigenvalue weighted by atomic mass is 10.4. The predicted octanol–water partition coefficient (Wildman–Crippen LogP) is 1.48. The van der Waals surface area contributed by atoms with E-state index in [1.807, 2.05) is 25.5 Å². The Balaban J connectivity index is 2.11. The first-order valence-electron chi connectivity index (χ1n) is 4.97. The molecule has 0 radical (unpaired) electrons. The van der Waals surface area contributed by atoms with Crippen LogP contribution in [0.1, 0.15) is 5.82 Å². The Labute approximate surface area is 97.9 Å². The molecule has 86 valence electrons. The van der Waals surface area contributed by atoms with E-state index in [1.54, 1.807) is 0 Å². The molecule has 0 fully saturated rings. The Hall–Kier alpha value is -1.40. The number of aromatic nitrogens is 2. The topological polar surface area (TPSA) is 68.2 Å². The van der Waals surface area contributed by atoms with Gasteiger partial charge >= 0.3 is 0 Å². The molecule has 16 heavy (non-hydrogen) atoms. The third kappa shape index (κ3) is 2.40. The van der Waals surface area contributed by atoms with Gasteiger partial charge in [-0.3, -0.25) is 0 Å². The minimum atomic E-state index is 0.515. The van der Waals surface area contributed by atoms with Crippen molar-refractivity contribution in [2.75, 3.05) is 26.4 Å². The van der Waals surface area contributed by atoms with Crippen LogP contribution >= 0.6 is 11.3 Å². The van der Waals surface area contributed by atoms with Crippen LogP contribution in [0.25, 0.3) is 10.8 Å². The summed E-state index contributed by atoms with van der Waals surface area (Å²) < 4.78 is 5.17. The van der Waals surface area contributed by atoms with Gasteiger partial charge in [0.25, 0.3) is 5.89 Å². The van der Waals surface area contributed by atoms with Crippen molar-refractivity contribution in [2.45, 2.75) is 6.42 Å². The number of rotatable bonds is 4. The van der Waals surface area contributed by atoms with E-state index in [9.17, 15) is 0 Å². The van der Waals surface area contributed by atoms with Gasteiger partial charge in [0.05, 0.1) is 5.69 Å². The average Bonchev–Trinajstić information content (AvgIpc) is 2.83. The molecule has 0 spiro atoms. The number of nitrogens with two attached hydrogens (primary N) is 1.